The molecular formula is C46H42N8O6. The van der Waals surface area contributed by atoms with Gasteiger partial charge in [-0.3, -0.25) is 39.3 Å². The molecule has 2 aromatic heterocycles. The molecule has 8 rings (SSSR count). The Balaban J connectivity index is 0.900. The van der Waals surface area contributed by atoms with Crippen LogP contribution in [0, 0.1) is 11.3 Å². The van der Waals surface area contributed by atoms with Crippen LogP contribution >= 0.6 is 0 Å². The van der Waals surface area contributed by atoms with Crippen molar-refractivity contribution in [1.29, 1.82) is 5.26 Å². The van der Waals surface area contributed by atoms with Crippen molar-refractivity contribution < 1.29 is 28.7 Å². The zero-order chi connectivity index (χ0) is 41.6. The van der Waals surface area contributed by atoms with Crippen molar-refractivity contribution in [2.45, 2.75) is 69.6 Å². The highest BCUT2D eigenvalue weighted by molar-refractivity contribution is 6.24. The maximum absolute atomic E-state index is 13.9. The Bertz CT molecular complexity index is 2440. The standard InChI is InChI=1S/C46H42N8O6/c47-25-30-9-21-40(49-27-30)51-34-14-18-36(19-15-34)53(46(59)50-26-29-5-2-1-3-6-29)35-16-11-31(12-17-35)32-10-13-33(48-28-32)23-24-60-39-8-4-7-37-42(39)45(58)54(44(37)57)38-20-22-41(55)52-43(38)56/h1-13,16-17,21,27-28,34,36,38H,14-15,18-20,22-24,26H2,(H,49,51)(H,50,59)(H,52,55,56). The van der Waals surface area contributed by atoms with E-state index < -0.39 is 29.7 Å². The van der Waals surface area contributed by atoms with E-state index in [-0.39, 0.29) is 54.4 Å². The minimum atomic E-state index is -1.06. The second kappa shape index (κ2) is 17.6. The first-order chi connectivity index (χ1) is 29.2. The highest BCUT2D eigenvalue weighted by Gasteiger charge is 2.46. The molecule has 0 spiro atoms. The van der Waals surface area contributed by atoms with E-state index in [0.717, 1.165) is 64.5 Å². The number of nitrogens with zero attached hydrogens (tertiary/aromatic N) is 5. The van der Waals surface area contributed by atoms with E-state index in [2.05, 4.69) is 32.0 Å². The first-order valence-corrected chi connectivity index (χ1v) is 20.0. The van der Waals surface area contributed by atoms with Gasteiger partial charge in [-0.15, -0.1) is 0 Å². The molecule has 1 saturated heterocycles. The molecule has 3 aliphatic rings. The summed E-state index contributed by atoms with van der Waals surface area (Å²) in [5.41, 5.74) is 5.18. The fraction of sp³-hybridized carbons (Fsp3) is 0.261. The van der Waals surface area contributed by atoms with Crippen LogP contribution in [0.15, 0.2) is 109 Å². The van der Waals surface area contributed by atoms with Gasteiger partial charge in [-0.25, -0.2) is 9.78 Å². The second-order valence-electron chi connectivity index (χ2n) is 15.0. The number of nitriles is 1. The fourth-order valence-electron chi connectivity index (χ4n) is 8.01. The molecule has 1 aliphatic carbocycles. The summed E-state index contributed by atoms with van der Waals surface area (Å²) >= 11 is 0. The quantitative estimate of drug-likeness (QED) is 0.123. The highest BCUT2D eigenvalue weighted by atomic mass is 16.5. The van der Waals surface area contributed by atoms with Gasteiger partial charge >= 0.3 is 6.03 Å². The van der Waals surface area contributed by atoms with E-state index in [4.69, 9.17) is 10.00 Å². The third-order valence-electron chi connectivity index (χ3n) is 11.2. The summed E-state index contributed by atoms with van der Waals surface area (Å²) in [6, 6.07) is 31.0. The number of imide groups is 2. The number of hydrogen-bond donors (Lipinski definition) is 3. The van der Waals surface area contributed by atoms with E-state index in [1.54, 1.807) is 30.6 Å². The lowest BCUT2D eigenvalue weighted by atomic mass is 9.89. The van der Waals surface area contributed by atoms with E-state index in [9.17, 15) is 24.0 Å². The summed E-state index contributed by atoms with van der Waals surface area (Å²) in [6.07, 6.45) is 7.18. The van der Waals surface area contributed by atoms with E-state index in [1.165, 1.54) is 6.07 Å². The number of rotatable bonds is 12. The number of anilines is 2. The second-order valence-corrected chi connectivity index (χ2v) is 15.0. The molecule has 302 valence electrons. The summed E-state index contributed by atoms with van der Waals surface area (Å²) in [5, 5.41) is 17.9. The first-order valence-electron chi connectivity index (χ1n) is 20.0. The van der Waals surface area contributed by atoms with Crippen molar-refractivity contribution in [1.82, 2.24) is 25.5 Å². The third-order valence-corrected chi connectivity index (χ3v) is 11.2. The third kappa shape index (κ3) is 8.56. The Labute approximate surface area is 346 Å². The lowest BCUT2D eigenvalue weighted by Crippen LogP contribution is -2.54. The van der Waals surface area contributed by atoms with Gasteiger partial charge in [0, 0.05) is 60.8 Å². The Hall–Kier alpha value is -7.40. The van der Waals surface area contributed by atoms with Gasteiger partial charge < -0.3 is 15.4 Å². The molecule has 3 aromatic carbocycles. The molecule has 1 atom stereocenters. The van der Waals surface area contributed by atoms with Crippen LogP contribution in [-0.2, 0) is 22.6 Å². The minimum Gasteiger partial charge on any atom is -0.492 e. The lowest BCUT2D eigenvalue weighted by molar-refractivity contribution is -0.136. The molecule has 0 radical (unpaired) electrons. The van der Waals surface area contributed by atoms with Gasteiger partial charge in [-0.1, -0.05) is 54.6 Å². The normalized spacial score (nSPS) is 18.6. The van der Waals surface area contributed by atoms with Crippen molar-refractivity contribution in [3.63, 3.8) is 0 Å². The minimum absolute atomic E-state index is 0.0124. The largest absolute Gasteiger partial charge is 0.492 e. The number of ether oxygens (including phenoxy) is 1. The van der Waals surface area contributed by atoms with Crippen LogP contribution in [0.3, 0.4) is 0 Å². The molecule has 0 bridgehead atoms. The lowest BCUT2D eigenvalue weighted by Gasteiger charge is -2.37. The molecule has 1 unspecified atom stereocenters. The van der Waals surface area contributed by atoms with E-state index >= 15 is 0 Å². The zero-order valence-electron chi connectivity index (χ0n) is 32.7. The first kappa shape index (κ1) is 39.4. The summed E-state index contributed by atoms with van der Waals surface area (Å²) < 4.78 is 6.01. The Morgan fingerprint density at radius 3 is 2.32 bits per heavy atom. The molecule has 6 amide bonds. The Kier molecular flexibility index (Phi) is 11.6. The van der Waals surface area contributed by atoms with Gasteiger partial charge in [0.25, 0.3) is 11.8 Å². The number of aromatic nitrogens is 2. The molecule has 2 aliphatic heterocycles. The maximum Gasteiger partial charge on any atom is 0.322 e. The van der Waals surface area contributed by atoms with Crippen LogP contribution < -0.4 is 25.6 Å². The predicted octanol–water partition coefficient (Wildman–Crippen LogP) is 6.18. The number of urea groups is 1. The number of carbonyl (C=O) groups is 5. The maximum atomic E-state index is 13.9. The van der Waals surface area contributed by atoms with Gasteiger partial charge in [-0.05, 0) is 85.7 Å². The van der Waals surface area contributed by atoms with Gasteiger partial charge in [0.05, 0.1) is 23.3 Å². The fourth-order valence-corrected chi connectivity index (χ4v) is 8.01. The summed E-state index contributed by atoms with van der Waals surface area (Å²) in [6.45, 7) is 0.594. The number of carbonyl (C=O) groups excluding carboxylic acids is 5. The van der Waals surface area contributed by atoms with Crippen LogP contribution in [0.2, 0.25) is 0 Å². The average molecular weight is 803 g/mol. The van der Waals surface area contributed by atoms with Crippen molar-refractivity contribution in [3.05, 3.63) is 137 Å². The topological polar surface area (TPSA) is 187 Å². The summed E-state index contributed by atoms with van der Waals surface area (Å²) in [4.78, 5) is 76.4. The Morgan fingerprint density at radius 2 is 1.62 bits per heavy atom. The van der Waals surface area contributed by atoms with Crippen LogP contribution in [-0.4, -0.2) is 69.3 Å². The predicted molar refractivity (Wildman–Crippen MR) is 222 cm³/mol. The van der Waals surface area contributed by atoms with Gasteiger partial charge in [0.1, 0.15) is 23.7 Å². The monoisotopic (exact) mass is 802 g/mol. The molecule has 14 heteroatoms. The number of piperidine rings is 1. The molecular weight excluding hydrogens is 761 g/mol. The van der Waals surface area contributed by atoms with Crippen LogP contribution in [0.5, 0.6) is 5.75 Å². The smallest absolute Gasteiger partial charge is 0.322 e. The number of benzene rings is 3. The number of hydrogen-bond acceptors (Lipinski definition) is 10. The number of fused-ring (bicyclic) bond motifs is 1. The van der Waals surface area contributed by atoms with Gasteiger partial charge in [0.2, 0.25) is 11.8 Å². The number of nitrogens with one attached hydrogen (secondary N) is 3. The van der Waals surface area contributed by atoms with Crippen molar-refractivity contribution in [2.24, 2.45) is 0 Å². The van der Waals surface area contributed by atoms with Crippen molar-refractivity contribution >= 4 is 41.2 Å². The molecule has 60 heavy (non-hydrogen) atoms. The molecule has 3 N–H and O–H groups in total. The Morgan fingerprint density at radius 1 is 0.833 bits per heavy atom. The molecule has 14 nitrogen and oxygen atoms in total. The summed E-state index contributed by atoms with van der Waals surface area (Å²) in [5.74, 6) is -1.34. The SMILES string of the molecule is N#Cc1ccc(NC2CCC(N(C(=O)NCc3ccccc3)c3ccc(-c4ccc(CCOc5cccc6c5C(=O)N(C5CCC(=O)NC5=O)C6=O)nc4)cc3)CC2)nc1. The number of pyridine rings is 2. The van der Waals surface area contributed by atoms with Crippen LogP contribution in [0.4, 0.5) is 16.3 Å². The van der Waals surface area contributed by atoms with E-state index in [1.807, 2.05) is 77.7 Å². The number of amides is 6. The van der Waals surface area contributed by atoms with Crippen molar-refractivity contribution in [2.75, 3.05) is 16.8 Å². The molecule has 5 aromatic rings. The van der Waals surface area contributed by atoms with E-state index in [0.29, 0.717) is 18.5 Å². The van der Waals surface area contributed by atoms with Crippen molar-refractivity contribution in [3.8, 4) is 22.9 Å². The molecule has 2 fully saturated rings. The van der Waals surface area contributed by atoms with Gasteiger partial charge in [-0.2, -0.15) is 5.26 Å². The molecule has 4 heterocycles. The molecule has 1 saturated carbocycles. The zero-order valence-corrected chi connectivity index (χ0v) is 32.7. The highest BCUT2D eigenvalue weighted by Crippen LogP contribution is 2.34. The van der Waals surface area contributed by atoms with Crippen LogP contribution in [0.1, 0.15) is 76.1 Å². The van der Waals surface area contributed by atoms with Gasteiger partial charge in [0.15, 0.2) is 0 Å². The average Bonchev–Trinajstić information content (AvgIpc) is 3.53. The summed E-state index contributed by atoms with van der Waals surface area (Å²) in [7, 11) is 0. The van der Waals surface area contributed by atoms with Crippen LogP contribution in [0.25, 0.3) is 11.1 Å².